The molecule has 23 heavy (non-hydrogen) atoms. The van der Waals surface area contributed by atoms with Crippen molar-refractivity contribution in [2.45, 2.75) is 24.5 Å². The molecule has 0 aliphatic carbocycles. The van der Waals surface area contributed by atoms with Crippen LogP contribution in [0.25, 0.3) is 11.0 Å². The van der Waals surface area contributed by atoms with Crippen LogP contribution in [0.5, 0.6) is 0 Å². The molecule has 2 aromatic heterocycles. The maximum absolute atomic E-state index is 10.2. The number of nitrogens with two attached hydrogens (primary N) is 1. The van der Waals surface area contributed by atoms with Gasteiger partial charge in [-0.05, 0) is 0 Å². The quantitative estimate of drug-likeness (QED) is 0.503. The highest BCUT2D eigenvalue weighted by atomic mass is 16.6. The lowest BCUT2D eigenvalue weighted by atomic mass is 10.1. The molecule has 0 aromatic carbocycles. The zero-order valence-corrected chi connectivity index (χ0v) is 12.2. The average Bonchev–Trinajstić information content (AvgIpc) is 3.05. The molecule has 1 fully saturated rings. The summed E-state index contributed by atoms with van der Waals surface area (Å²) >= 11 is 0. The Kier molecular flexibility index (Phi) is 3.03. The van der Waals surface area contributed by atoms with Gasteiger partial charge in [-0.2, -0.15) is 5.10 Å². The second kappa shape index (κ2) is 4.86. The second-order valence-electron chi connectivity index (χ2n) is 5.58. The summed E-state index contributed by atoms with van der Waals surface area (Å²) in [6, 6.07) is 0. The van der Waals surface area contributed by atoms with Crippen molar-refractivity contribution in [3.63, 3.8) is 0 Å². The van der Waals surface area contributed by atoms with Crippen molar-refractivity contribution in [2.75, 3.05) is 18.7 Å². The molecule has 4 heterocycles. The van der Waals surface area contributed by atoms with Crippen molar-refractivity contribution >= 4 is 22.7 Å². The monoisotopic (exact) mass is 320 g/mol. The Labute approximate surface area is 130 Å². The fourth-order valence-corrected chi connectivity index (χ4v) is 3.07. The van der Waals surface area contributed by atoms with Gasteiger partial charge in [-0.15, -0.1) is 0 Å². The van der Waals surface area contributed by atoms with E-state index in [1.54, 1.807) is 22.8 Å². The first-order valence-electron chi connectivity index (χ1n) is 7.09. The van der Waals surface area contributed by atoms with E-state index in [0.29, 0.717) is 28.3 Å². The first-order chi connectivity index (χ1) is 11.0. The predicted molar refractivity (Wildman–Crippen MR) is 79.7 cm³/mol. The number of hydrogen-bond acceptors (Lipinski definition) is 9. The van der Waals surface area contributed by atoms with Crippen LogP contribution in [0.2, 0.25) is 0 Å². The Bertz CT molecular complexity index is 805. The molecule has 5 N–H and O–H groups in total. The first kappa shape index (κ1) is 14.3. The van der Waals surface area contributed by atoms with E-state index < -0.39 is 31.1 Å². The number of hydrogen-bond donors (Lipinski definition) is 4. The second-order valence-corrected chi connectivity index (χ2v) is 5.58. The molecular formula is C13H16N6O4. The molecule has 122 valence electrons. The standard InChI is InChI=1S/C13H16N6O4/c1-18-11-7-5(10(14)17-18)2-19(12(7)16-4-15-11)13-9(22)8(21)6(3-20)23-13/h2,4,6,8-9,13,20-22H,3H2,1H3,(H2,14,17)/t6-,8+,9+,13+/m1/s1. The van der Waals surface area contributed by atoms with E-state index in [-0.39, 0.29) is 0 Å². The van der Waals surface area contributed by atoms with Gasteiger partial charge in [-0.1, -0.05) is 0 Å². The number of hydrazone groups is 1. The molecule has 0 radical (unpaired) electrons. The molecule has 0 spiro atoms. The number of aliphatic hydroxyl groups excluding tert-OH is 3. The van der Waals surface area contributed by atoms with Crippen molar-refractivity contribution in [3.05, 3.63) is 18.1 Å². The lowest BCUT2D eigenvalue weighted by Gasteiger charge is -2.19. The maximum atomic E-state index is 10.2. The van der Waals surface area contributed by atoms with E-state index in [0.717, 1.165) is 0 Å². The van der Waals surface area contributed by atoms with Crippen molar-refractivity contribution in [1.29, 1.82) is 0 Å². The van der Waals surface area contributed by atoms with Gasteiger partial charge in [0, 0.05) is 18.8 Å². The molecule has 2 aliphatic rings. The highest BCUT2D eigenvalue weighted by Gasteiger charge is 2.44. The smallest absolute Gasteiger partial charge is 0.164 e. The molecule has 0 unspecified atom stereocenters. The third kappa shape index (κ3) is 1.86. The molecule has 0 saturated carbocycles. The van der Waals surface area contributed by atoms with Crippen LogP contribution in [0.4, 0.5) is 5.82 Å². The van der Waals surface area contributed by atoms with Crippen LogP contribution in [0, 0.1) is 0 Å². The van der Waals surface area contributed by atoms with Crippen LogP contribution < -0.4 is 10.7 Å². The number of anilines is 1. The number of amidine groups is 1. The summed E-state index contributed by atoms with van der Waals surface area (Å²) in [5.41, 5.74) is 7.10. The molecule has 0 amide bonds. The van der Waals surface area contributed by atoms with Gasteiger partial charge < -0.3 is 30.4 Å². The van der Waals surface area contributed by atoms with Gasteiger partial charge in [0.15, 0.2) is 17.9 Å². The van der Waals surface area contributed by atoms with Crippen LogP contribution in [0.1, 0.15) is 11.8 Å². The van der Waals surface area contributed by atoms with E-state index in [2.05, 4.69) is 15.1 Å². The van der Waals surface area contributed by atoms with E-state index in [1.165, 1.54) is 6.33 Å². The van der Waals surface area contributed by atoms with E-state index >= 15 is 0 Å². The van der Waals surface area contributed by atoms with Crippen molar-refractivity contribution < 1.29 is 20.1 Å². The summed E-state index contributed by atoms with van der Waals surface area (Å²) in [6.45, 7) is -0.395. The minimum absolute atomic E-state index is 0.297. The highest BCUT2D eigenvalue weighted by molar-refractivity contribution is 6.13. The Hall–Kier alpha value is -2.27. The lowest BCUT2D eigenvalue weighted by Crippen LogP contribution is -2.33. The third-order valence-electron chi connectivity index (χ3n) is 4.22. The van der Waals surface area contributed by atoms with Crippen LogP contribution >= 0.6 is 0 Å². The van der Waals surface area contributed by atoms with Crippen molar-refractivity contribution in [2.24, 2.45) is 10.8 Å². The van der Waals surface area contributed by atoms with Crippen molar-refractivity contribution in [1.82, 2.24) is 14.5 Å². The van der Waals surface area contributed by atoms with Gasteiger partial charge >= 0.3 is 0 Å². The van der Waals surface area contributed by atoms with Gasteiger partial charge in [0.2, 0.25) is 0 Å². The SMILES string of the molecule is CN1N=C(N)c2cn([C@H]3O[C@H](CO)[C@H](O)[C@@H]3O)c3ncnc1c23. The van der Waals surface area contributed by atoms with Crippen LogP contribution in [-0.2, 0) is 4.74 Å². The summed E-state index contributed by atoms with van der Waals surface area (Å²) in [6.07, 6.45) is -1.10. The van der Waals surface area contributed by atoms with Crippen LogP contribution in [0.3, 0.4) is 0 Å². The molecule has 4 atom stereocenters. The highest BCUT2D eigenvalue weighted by Crippen LogP contribution is 2.36. The van der Waals surface area contributed by atoms with E-state index in [1.807, 2.05) is 0 Å². The average molecular weight is 320 g/mol. The number of rotatable bonds is 2. The fourth-order valence-electron chi connectivity index (χ4n) is 3.07. The number of aromatic nitrogens is 3. The molecule has 2 aromatic rings. The lowest BCUT2D eigenvalue weighted by molar-refractivity contribution is -0.0508. The Balaban J connectivity index is 1.89. The minimum atomic E-state index is -1.20. The Morgan fingerprint density at radius 3 is 2.78 bits per heavy atom. The summed E-state index contributed by atoms with van der Waals surface area (Å²) in [4.78, 5) is 8.45. The fraction of sp³-hybridized carbons (Fsp3) is 0.462. The third-order valence-corrected chi connectivity index (χ3v) is 4.22. The topological polar surface area (TPSA) is 142 Å². The largest absolute Gasteiger partial charge is 0.394 e. The van der Waals surface area contributed by atoms with Crippen LogP contribution in [0.15, 0.2) is 17.6 Å². The zero-order chi connectivity index (χ0) is 16.3. The van der Waals surface area contributed by atoms with Gasteiger partial charge in [0.05, 0.1) is 12.0 Å². The van der Waals surface area contributed by atoms with Gasteiger partial charge in [-0.3, -0.25) is 0 Å². The molecular weight excluding hydrogens is 304 g/mol. The van der Waals surface area contributed by atoms with Gasteiger partial charge in [-0.25, -0.2) is 15.0 Å². The van der Waals surface area contributed by atoms with Gasteiger partial charge in [0.1, 0.15) is 30.3 Å². The Morgan fingerprint density at radius 2 is 2.09 bits per heavy atom. The molecule has 0 bridgehead atoms. The molecule has 1 saturated heterocycles. The Morgan fingerprint density at radius 1 is 1.30 bits per heavy atom. The maximum Gasteiger partial charge on any atom is 0.164 e. The van der Waals surface area contributed by atoms with E-state index in [4.69, 9.17) is 10.5 Å². The normalized spacial score (nSPS) is 30.1. The molecule has 4 rings (SSSR count). The zero-order valence-electron chi connectivity index (χ0n) is 12.2. The summed E-state index contributed by atoms with van der Waals surface area (Å²) < 4.78 is 7.15. The summed E-state index contributed by atoms with van der Waals surface area (Å²) in [5.74, 6) is 0.884. The summed E-state index contributed by atoms with van der Waals surface area (Å²) in [5, 5.41) is 35.9. The predicted octanol–water partition coefficient (Wildman–Crippen LogP) is -1.89. The first-order valence-corrected chi connectivity index (χ1v) is 7.09. The van der Waals surface area contributed by atoms with Gasteiger partial charge in [0.25, 0.3) is 0 Å². The molecule has 2 aliphatic heterocycles. The minimum Gasteiger partial charge on any atom is -0.394 e. The number of ether oxygens (including phenoxy) is 1. The number of aliphatic hydroxyl groups is 3. The van der Waals surface area contributed by atoms with E-state index in [9.17, 15) is 15.3 Å². The van der Waals surface area contributed by atoms with Crippen LogP contribution in [-0.4, -0.2) is 67.7 Å². The number of nitrogens with zero attached hydrogens (tertiary/aromatic N) is 5. The summed E-state index contributed by atoms with van der Waals surface area (Å²) in [7, 11) is 1.72. The molecule has 10 nitrogen and oxygen atoms in total. The molecule has 10 heteroatoms. The van der Waals surface area contributed by atoms with Crippen molar-refractivity contribution in [3.8, 4) is 0 Å².